The molecule has 0 aliphatic heterocycles. The van der Waals surface area contributed by atoms with Crippen molar-refractivity contribution < 1.29 is 0 Å². The first-order valence-corrected chi connectivity index (χ1v) is 5.68. The van der Waals surface area contributed by atoms with Crippen molar-refractivity contribution in [2.45, 2.75) is 19.3 Å². The predicted molar refractivity (Wildman–Crippen MR) is 65.9 cm³/mol. The molecule has 0 radical (unpaired) electrons. The van der Waals surface area contributed by atoms with E-state index >= 15 is 0 Å². The van der Waals surface area contributed by atoms with E-state index in [2.05, 4.69) is 49.3 Å². The minimum absolute atomic E-state index is 1.13. The molecule has 0 saturated heterocycles. The molecule has 2 rings (SSSR count). The molecule has 1 nitrogen and oxygen atoms in total. The van der Waals surface area contributed by atoms with Crippen LogP contribution in [0.1, 0.15) is 24.0 Å². The molecule has 1 fully saturated rings. The van der Waals surface area contributed by atoms with E-state index in [1.165, 1.54) is 24.0 Å². The number of hydrogen-bond donors (Lipinski definition) is 0. The SMILES string of the molecule is CN(C)CCc1ccccc1C=C1CC1. The Morgan fingerprint density at radius 3 is 2.60 bits per heavy atom. The van der Waals surface area contributed by atoms with Crippen LogP contribution in [0.2, 0.25) is 0 Å². The Balaban J connectivity index is 2.10. The van der Waals surface area contributed by atoms with Crippen molar-refractivity contribution in [3.63, 3.8) is 0 Å². The van der Waals surface area contributed by atoms with Crippen LogP contribution in [0.4, 0.5) is 0 Å². The molecule has 0 aromatic heterocycles. The highest BCUT2D eigenvalue weighted by molar-refractivity contribution is 5.59. The Morgan fingerprint density at radius 2 is 1.93 bits per heavy atom. The van der Waals surface area contributed by atoms with Gasteiger partial charge in [0.2, 0.25) is 0 Å². The second-order valence-electron chi connectivity index (χ2n) is 4.55. The third kappa shape index (κ3) is 3.21. The highest BCUT2D eigenvalue weighted by Crippen LogP contribution is 2.30. The zero-order chi connectivity index (χ0) is 10.7. The van der Waals surface area contributed by atoms with Crippen molar-refractivity contribution in [1.82, 2.24) is 4.90 Å². The Morgan fingerprint density at radius 1 is 1.20 bits per heavy atom. The van der Waals surface area contributed by atoms with Gasteiger partial charge >= 0.3 is 0 Å². The van der Waals surface area contributed by atoms with Crippen LogP contribution in [0.15, 0.2) is 29.8 Å². The second kappa shape index (κ2) is 4.63. The van der Waals surface area contributed by atoms with Gasteiger partial charge in [-0.3, -0.25) is 0 Å². The minimum atomic E-state index is 1.13. The van der Waals surface area contributed by atoms with Crippen molar-refractivity contribution in [1.29, 1.82) is 0 Å². The van der Waals surface area contributed by atoms with E-state index in [1.807, 2.05) is 0 Å². The van der Waals surface area contributed by atoms with Crippen molar-refractivity contribution >= 4 is 6.08 Å². The van der Waals surface area contributed by atoms with Gasteiger partial charge in [-0.1, -0.05) is 35.9 Å². The van der Waals surface area contributed by atoms with Crippen molar-refractivity contribution in [3.05, 3.63) is 41.0 Å². The van der Waals surface area contributed by atoms with Gasteiger partial charge in [-0.05, 0) is 44.5 Å². The van der Waals surface area contributed by atoms with Gasteiger partial charge < -0.3 is 4.90 Å². The van der Waals surface area contributed by atoms with Gasteiger partial charge in [0.1, 0.15) is 0 Å². The summed E-state index contributed by atoms with van der Waals surface area (Å²) in [4.78, 5) is 2.24. The van der Waals surface area contributed by atoms with Crippen LogP contribution >= 0.6 is 0 Å². The van der Waals surface area contributed by atoms with E-state index < -0.39 is 0 Å². The van der Waals surface area contributed by atoms with Gasteiger partial charge in [-0.15, -0.1) is 0 Å². The van der Waals surface area contributed by atoms with E-state index in [0.29, 0.717) is 0 Å². The van der Waals surface area contributed by atoms with E-state index in [9.17, 15) is 0 Å². The monoisotopic (exact) mass is 201 g/mol. The number of hydrogen-bond acceptors (Lipinski definition) is 1. The molecule has 0 unspecified atom stereocenters. The molecule has 0 atom stereocenters. The number of nitrogens with zero attached hydrogens (tertiary/aromatic N) is 1. The maximum Gasteiger partial charge on any atom is 0.00159 e. The molecule has 1 aromatic carbocycles. The lowest BCUT2D eigenvalue weighted by molar-refractivity contribution is 0.413. The molecular weight excluding hydrogens is 182 g/mol. The first-order chi connectivity index (χ1) is 7.25. The van der Waals surface area contributed by atoms with Gasteiger partial charge in [-0.2, -0.15) is 0 Å². The van der Waals surface area contributed by atoms with Gasteiger partial charge in [0.05, 0.1) is 0 Å². The van der Waals surface area contributed by atoms with Crippen molar-refractivity contribution in [3.8, 4) is 0 Å². The van der Waals surface area contributed by atoms with E-state index in [0.717, 1.165) is 13.0 Å². The zero-order valence-electron chi connectivity index (χ0n) is 9.66. The van der Waals surface area contributed by atoms with Crippen LogP contribution in [-0.4, -0.2) is 25.5 Å². The van der Waals surface area contributed by atoms with Crippen molar-refractivity contribution in [2.75, 3.05) is 20.6 Å². The fourth-order valence-corrected chi connectivity index (χ4v) is 1.68. The average molecular weight is 201 g/mol. The molecule has 1 heteroatoms. The molecule has 0 spiro atoms. The summed E-state index contributed by atoms with van der Waals surface area (Å²) >= 11 is 0. The van der Waals surface area contributed by atoms with Crippen LogP contribution in [0, 0.1) is 0 Å². The summed E-state index contributed by atoms with van der Waals surface area (Å²) in [5.74, 6) is 0. The Labute approximate surface area is 92.4 Å². The fourth-order valence-electron chi connectivity index (χ4n) is 1.68. The van der Waals surface area contributed by atoms with E-state index in [4.69, 9.17) is 0 Å². The molecular formula is C14H19N. The molecule has 1 aliphatic carbocycles. The van der Waals surface area contributed by atoms with Gasteiger partial charge in [0.15, 0.2) is 0 Å². The molecule has 1 aliphatic rings. The summed E-state index contributed by atoms with van der Waals surface area (Å²) in [6.07, 6.45) is 6.13. The highest BCUT2D eigenvalue weighted by atomic mass is 15.0. The number of benzene rings is 1. The molecule has 1 saturated carbocycles. The summed E-state index contributed by atoms with van der Waals surface area (Å²) in [6.45, 7) is 1.13. The topological polar surface area (TPSA) is 3.24 Å². The minimum Gasteiger partial charge on any atom is -0.309 e. The van der Waals surface area contributed by atoms with Crippen LogP contribution < -0.4 is 0 Å². The molecule has 0 bridgehead atoms. The van der Waals surface area contributed by atoms with Gasteiger partial charge in [-0.25, -0.2) is 0 Å². The highest BCUT2D eigenvalue weighted by Gasteiger charge is 2.11. The summed E-state index contributed by atoms with van der Waals surface area (Å²) < 4.78 is 0. The van der Waals surface area contributed by atoms with Crippen LogP contribution in [0.5, 0.6) is 0 Å². The normalized spacial score (nSPS) is 14.5. The molecule has 0 heterocycles. The van der Waals surface area contributed by atoms with E-state index in [1.54, 1.807) is 5.57 Å². The van der Waals surface area contributed by atoms with Crippen LogP contribution in [-0.2, 0) is 6.42 Å². The maximum absolute atomic E-state index is 2.37. The molecule has 0 N–H and O–H groups in total. The Kier molecular flexibility index (Phi) is 3.22. The van der Waals surface area contributed by atoms with Gasteiger partial charge in [0, 0.05) is 6.54 Å². The summed E-state index contributed by atoms with van der Waals surface area (Å²) in [5, 5.41) is 0. The third-order valence-corrected chi connectivity index (χ3v) is 2.78. The number of allylic oxidation sites excluding steroid dienone is 1. The van der Waals surface area contributed by atoms with Gasteiger partial charge in [0.25, 0.3) is 0 Å². The summed E-state index contributed by atoms with van der Waals surface area (Å²) in [6, 6.07) is 8.75. The zero-order valence-corrected chi connectivity index (χ0v) is 9.66. The second-order valence-corrected chi connectivity index (χ2v) is 4.55. The van der Waals surface area contributed by atoms with E-state index in [-0.39, 0.29) is 0 Å². The van der Waals surface area contributed by atoms with Crippen LogP contribution in [0.3, 0.4) is 0 Å². The quantitative estimate of drug-likeness (QED) is 0.724. The lowest BCUT2D eigenvalue weighted by Gasteiger charge is -2.11. The lowest BCUT2D eigenvalue weighted by atomic mass is 10.0. The first kappa shape index (κ1) is 10.4. The van der Waals surface area contributed by atoms with Crippen LogP contribution in [0.25, 0.3) is 6.08 Å². The third-order valence-electron chi connectivity index (χ3n) is 2.78. The summed E-state index contributed by atoms with van der Waals surface area (Å²) in [5.41, 5.74) is 4.50. The number of likely N-dealkylation sites (N-methyl/N-ethyl adjacent to an activating group) is 1. The average Bonchev–Trinajstić information content (AvgIpc) is 3.00. The summed E-state index contributed by atoms with van der Waals surface area (Å²) in [7, 11) is 4.25. The molecule has 0 amide bonds. The number of rotatable bonds is 4. The molecule has 1 aromatic rings. The maximum atomic E-state index is 2.37. The molecule has 80 valence electrons. The standard InChI is InChI=1S/C14H19N/c1-15(2)10-9-13-5-3-4-6-14(13)11-12-7-8-12/h3-6,11H,7-10H2,1-2H3. The predicted octanol–water partition coefficient (Wildman–Crippen LogP) is 2.97. The Hall–Kier alpha value is -1.08. The van der Waals surface area contributed by atoms with Crippen molar-refractivity contribution in [2.24, 2.45) is 0 Å². The Bertz CT molecular complexity index is 357. The largest absolute Gasteiger partial charge is 0.309 e. The molecule has 15 heavy (non-hydrogen) atoms. The lowest BCUT2D eigenvalue weighted by Crippen LogP contribution is -2.15. The smallest absolute Gasteiger partial charge is 0.00159 e. The fraction of sp³-hybridized carbons (Fsp3) is 0.429. The first-order valence-electron chi connectivity index (χ1n) is 5.68.